The lowest BCUT2D eigenvalue weighted by atomic mass is 9.88. The minimum atomic E-state index is -1.23. The van der Waals surface area contributed by atoms with Crippen molar-refractivity contribution in [2.24, 2.45) is 0 Å². The average Bonchev–Trinajstić information content (AvgIpc) is 2.89. The molecule has 0 spiro atoms. The van der Waals surface area contributed by atoms with Crippen LogP contribution in [0.5, 0.6) is 11.5 Å². The fraction of sp³-hybridized carbons (Fsp3) is 0.379. The molecule has 0 fully saturated rings. The third kappa shape index (κ3) is 7.00. The van der Waals surface area contributed by atoms with Crippen LogP contribution in [0, 0.1) is 0 Å². The van der Waals surface area contributed by atoms with E-state index in [4.69, 9.17) is 9.47 Å². The van der Waals surface area contributed by atoms with E-state index in [9.17, 15) is 14.7 Å². The molecule has 1 atom stereocenters. The molecule has 0 heterocycles. The van der Waals surface area contributed by atoms with Crippen molar-refractivity contribution in [3.05, 3.63) is 77.4 Å². The second kappa shape index (κ2) is 13.3. The number of unbranched alkanes of at least 4 members (excludes halogenated alkanes) is 4. The van der Waals surface area contributed by atoms with Crippen LogP contribution in [0.25, 0.3) is 5.57 Å². The summed E-state index contributed by atoms with van der Waals surface area (Å²) >= 11 is 3.33. The highest BCUT2D eigenvalue weighted by Gasteiger charge is 2.37. The largest absolute Gasteiger partial charge is 0.496 e. The lowest BCUT2D eigenvalue weighted by Gasteiger charge is -2.26. The van der Waals surface area contributed by atoms with Crippen LogP contribution in [0.4, 0.5) is 0 Å². The van der Waals surface area contributed by atoms with E-state index in [-0.39, 0.29) is 12.3 Å². The second-order valence-electron chi connectivity index (χ2n) is 8.88. The van der Waals surface area contributed by atoms with Crippen molar-refractivity contribution in [2.45, 2.75) is 49.3 Å². The van der Waals surface area contributed by atoms with E-state index in [0.29, 0.717) is 34.7 Å². The highest BCUT2D eigenvalue weighted by Crippen LogP contribution is 2.44. The van der Waals surface area contributed by atoms with E-state index >= 15 is 0 Å². The molecule has 0 radical (unpaired) electrons. The molecule has 0 saturated heterocycles. The van der Waals surface area contributed by atoms with Crippen LogP contribution in [-0.2, 0) is 11.2 Å². The molecule has 0 saturated carbocycles. The number of methoxy groups -OCH3 is 2. The summed E-state index contributed by atoms with van der Waals surface area (Å²) in [6.45, 7) is 0.580. The van der Waals surface area contributed by atoms with E-state index in [1.54, 1.807) is 24.3 Å². The Morgan fingerprint density at radius 1 is 1.00 bits per heavy atom. The van der Waals surface area contributed by atoms with Crippen molar-refractivity contribution in [3.8, 4) is 11.5 Å². The number of carboxylic acids is 1. The molecule has 1 amide bonds. The van der Waals surface area contributed by atoms with E-state index < -0.39 is 10.3 Å². The van der Waals surface area contributed by atoms with Gasteiger partial charge in [-0.25, -0.2) is 0 Å². The summed E-state index contributed by atoms with van der Waals surface area (Å²) in [6, 6.07) is 13.9. The van der Waals surface area contributed by atoms with Crippen LogP contribution in [0.15, 0.2) is 60.7 Å². The van der Waals surface area contributed by atoms with Gasteiger partial charge in [-0.2, -0.15) is 0 Å². The molecule has 7 heteroatoms. The number of amides is 1. The maximum absolute atomic E-state index is 13.0. The Morgan fingerprint density at radius 2 is 1.72 bits per heavy atom. The van der Waals surface area contributed by atoms with Crippen molar-refractivity contribution >= 4 is 33.4 Å². The quantitative estimate of drug-likeness (QED) is 0.227. The number of ether oxygens (including phenoxy) is 2. The molecular weight excluding hydrogens is 522 g/mol. The van der Waals surface area contributed by atoms with Crippen LogP contribution in [-0.4, -0.2) is 42.1 Å². The average molecular weight is 556 g/mol. The number of benzene rings is 2. The highest BCUT2D eigenvalue weighted by molar-refractivity contribution is 9.10. The highest BCUT2D eigenvalue weighted by atomic mass is 79.9. The monoisotopic (exact) mass is 555 g/mol. The van der Waals surface area contributed by atoms with Crippen molar-refractivity contribution < 1.29 is 24.2 Å². The summed E-state index contributed by atoms with van der Waals surface area (Å²) in [4.78, 5) is 24.8. The van der Waals surface area contributed by atoms with Crippen molar-refractivity contribution in [1.29, 1.82) is 0 Å². The molecule has 1 unspecified atom stereocenters. The summed E-state index contributed by atoms with van der Waals surface area (Å²) in [6.07, 6.45) is 11.8. The fourth-order valence-electron chi connectivity index (χ4n) is 4.39. The number of alkyl halides is 1. The molecule has 6 nitrogen and oxygen atoms in total. The Kier molecular flexibility index (Phi) is 10.2. The van der Waals surface area contributed by atoms with Gasteiger partial charge in [-0.1, -0.05) is 83.8 Å². The number of rotatable bonds is 13. The Hall–Kier alpha value is -3.06. The summed E-state index contributed by atoms with van der Waals surface area (Å²) in [7, 11) is 3.04. The second-order valence-corrected chi connectivity index (χ2v) is 10.3. The Balaban J connectivity index is 1.58. The molecule has 36 heavy (non-hydrogen) atoms. The summed E-state index contributed by atoms with van der Waals surface area (Å²) in [5, 5.41) is 12.6. The maximum atomic E-state index is 13.0. The molecular formula is C29H34BrNO5. The molecule has 0 aromatic heterocycles. The molecule has 1 aliphatic rings. The van der Waals surface area contributed by atoms with Crippen LogP contribution in [0.3, 0.4) is 0 Å². The van der Waals surface area contributed by atoms with E-state index in [1.807, 2.05) is 12.1 Å². The molecule has 0 bridgehead atoms. The molecule has 2 aromatic rings. The first-order chi connectivity index (χ1) is 17.4. The first-order valence-electron chi connectivity index (χ1n) is 12.3. The van der Waals surface area contributed by atoms with Crippen LogP contribution in [0.2, 0.25) is 0 Å². The number of carbonyl (C=O) groups excluding carboxylic acids is 1. The smallest absolute Gasteiger partial charge is 0.324 e. The van der Waals surface area contributed by atoms with Gasteiger partial charge in [0.15, 0.2) is 0 Å². The van der Waals surface area contributed by atoms with Crippen LogP contribution >= 0.6 is 15.9 Å². The van der Waals surface area contributed by atoms with E-state index in [0.717, 1.165) is 25.7 Å². The maximum Gasteiger partial charge on any atom is 0.324 e. The molecule has 2 N–H and O–H groups in total. The summed E-state index contributed by atoms with van der Waals surface area (Å²) in [5.74, 6) is -0.332. The van der Waals surface area contributed by atoms with Crippen molar-refractivity contribution in [3.63, 3.8) is 0 Å². The Labute approximate surface area is 221 Å². The van der Waals surface area contributed by atoms with Crippen LogP contribution < -0.4 is 14.8 Å². The number of halogens is 1. The first-order valence-corrected chi connectivity index (χ1v) is 13.1. The molecule has 0 aliphatic heterocycles. The minimum absolute atomic E-state index is 0.181. The van der Waals surface area contributed by atoms with Gasteiger partial charge in [0.25, 0.3) is 5.91 Å². The molecule has 1 aliphatic carbocycles. The van der Waals surface area contributed by atoms with Gasteiger partial charge in [0.2, 0.25) is 0 Å². The number of aliphatic carboxylic acids is 1. The first kappa shape index (κ1) is 27.5. The minimum Gasteiger partial charge on any atom is -0.496 e. The third-order valence-electron chi connectivity index (χ3n) is 6.34. The number of carboxylic acid groups (broad SMARTS) is 1. The van der Waals surface area contributed by atoms with Gasteiger partial charge >= 0.3 is 5.97 Å². The van der Waals surface area contributed by atoms with Gasteiger partial charge in [-0.3, -0.25) is 9.59 Å². The van der Waals surface area contributed by atoms with Gasteiger partial charge in [0.1, 0.15) is 15.8 Å². The fourth-order valence-corrected chi connectivity index (χ4v) is 4.84. The topological polar surface area (TPSA) is 84.9 Å². The third-order valence-corrected chi connectivity index (χ3v) is 7.22. The zero-order valence-corrected chi connectivity index (χ0v) is 22.5. The predicted octanol–water partition coefficient (Wildman–Crippen LogP) is 6.19. The molecule has 2 aromatic carbocycles. The lowest BCUT2D eigenvalue weighted by molar-refractivity contribution is -0.138. The Morgan fingerprint density at radius 3 is 2.42 bits per heavy atom. The zero-order chi connectivity index (χ0) is 26.0. The zero-order valence-electron chi connectivity index (χ0n) is 20.9. The summed E-state index contributed by atoms with van der Waals surface area (Å²) in [5.41, 5.74) is 3.06. The van der Waals surface area contributed by atoms with Gasteiger partial charge in [0, 0.05) is 13.0 Å². The van der Waals surface area contributed by atoms with Crippen molar-refractivity contribution in [1.82, 2.24) is 5.32 Å². The van der Waals surface area contributed by atoms with E-state index in [1.165, 1.54) is 32.6 Å². The number of aryl methyl sites for hydroxylation is 1. The lowest BCUT2D eigenvalue weighted by Crippen LogP contribution is -2.31. The van der Waals surface area contributed by atoms with Gasteiger partial charge in [-0.05, 0) is 42.5 Å². The number of hydrogen-bond donors (Lipinski definition) is 2. The predicted molar refractivity (Wildman–Crippen MR) is 146 cm³/mol. The van der Waals surface area contributed by atoms with Gasteiger partial charge in [-0.15, -0.1) is 0 Å². The number of hydrogen-bond acceptors (Lipinski definition) is 4. The number of nitrogens with one attached hydrogen (secondary N) is 1. The summed E-state index contributed by atoms with van der Waals surface area (Å²) < 4.78 is 9.97. The molecule has 3 rings (SSSR count). The molecule has 192 valence electrons. The normalized spacial score (nSPS) is 16.8. The van der Waals surface area contributed by atoms with Crippen LogP contribution in [0.1, 0.15) is 60.0 Å². The van der Waals surface area contributed by atoms with E-state index in [2.05, 4.69) is 45.5 Å². The van der Waals surface area contributed by atoms with Gasteiger partial charge < -0.3 is 19.9 Å². The Bertz CT molecular complexity index is 1110. The number of carbonyl (C=O) groups is 2. The SMILES string of the molecule is COc1ccc(C(=O)NCCCCCCCc2ccccc2)c(OC)c1C1=CC=CC(Br)(C(=O)O)C1. The van der Waals surface area contributed by atoms with Crippen molar-refractivity contribution in [2.75, 3.05) is 20.8 Å². The standard InChI is InChI=1S/C29H34BrNO5/c1-35-24-17-16-23(26(36-2)25(24)22-15-11-18-29(30,20-22)28(33)34)27(32)31-19-10-5-3-4-7-12-21-13-8-6-9-14-21/h6,8-9,11,13-18H,3-5,7,10,12,19-20H2,1-2H3,(H,31,32)(H,33,34). The van der Waals surface area contributed by atoms with Gasteiger partial charge in [0.05, 0.1) is 25.3 Å². The number of allylic oxidation sites excluding steroid dienone is 3.